The Balaban J connectivity index is 1.58. The Labute approximate surface area is 157 Å². The van der Waals surface area contributed by atoms with Crippen LogP contribution in [-0.4, -0.2) is 35.0 Å². The van der Waals surface area contributed by atoms with Crippen molar-refractivity contribution in [1.82, 2.24) is 10.1 Å². The first kappa shape index (κ1) is 18.5. The Kier molecular flexibility index (Phi) is 5.61. The molecule has 1 aliphatic rings. The van der Waals surface area contributed by atoms with Gasteiger partial charge < -0.3 is 9.42 Å². The van der Waals surface area contributed by atoms with Gasteiger partial charge >= 0.3 is 0 Å². The van der Waals surface area contributed by atoms with Gasteiger partial charge in [-0.05, 0) is 38.3 Å². The van der Waals surface area contributed by atoms with E-state index in [-0.39, 0.29) is 17.7 Å². The fraction of sp³-hybridized carbons (Fsp3) is 0.421. The normalized spacial score (nSPS) is 15.1. The maximum atomic E-state index is 12.6. The molecule has 0 bridgehead atoms. The standard InChI is InChI=1S/C19H22ClN3O3/c1-3-16-12(2)18(26-22-16)21-17(24)13-8-10-23(11-9-13)19(25)14-6-4-5-7-15(14)20/h4-7,13H,3,8-11H2,1-2H3,(H,21,24). The number of amides is 2. The number of piperidine rings is 1. The molecule has 7 heteroatoms. The number of aryl methyl sites for hydroxylation is 1. The van der Waals surface area contributed by atoms with Gasteiger partial charge in [0.2, 0.25) is 11.8 Å². The van der Waals surface area contributed by atoms with Crippen LogP contribution >= 0.6 is 11.6 Å². The molecule has 0 spiro atoms. The maximum Gasteiger partial charge on any atom is 0.255 e. The molecular weight excluding hydrogens is 354 g/mol. The number of benzene rings is 1. The Morgan fingerprint density at radius 3 is 2.62 bits per heavy atom. The van der Waals surface area contributed by atoms with Gasteiger partial charge in [0.05, 0.1) is 16.3 Å². The fourth-order valence-electron chi connectivity index (χ4n) is 3.18. The highest BCUT2D eigenvalue weighted by molar-refractivity contribution is 6.33. The molecule has 1 aromatic carbocycles. The number of likely N-dealkylation sites (tertiary alicyclic amines) is 1. The third-order valence-corrected chi connectivity index (χ3v) is 5.18. The minimum atomic E-state index is -0.153. The van der Waals surface area contributed by atoms with E-state index >= 15 is 0 Å². The van der Waals surface area contributed by atoms with Crippen LogP contribution in [0.15, 0.2) is 28.8 Å². The van der Waals surface area contributed by atoms with E-state index in [1.807, 2.05) is 13.8 Å². The first-order valence-electron chi connectivity index (χ1n) is 8.81. The summed E-state index contributed by atoms with van der Waals surface area (Å²) in [4.78, 5) is 26.8. The zero-order valence-electron chi connectivity index (χ0n) is 14.9. The van der Waals surface area contributed by atoms with Crippen molar-refractivity contribution in [1.29, 1.82) is 0 Å². The van der Waals surface area contributed by atoms with Gasteiger partial charge in [-0.3, -0.25) is 14.9 Å². The number of nitrogens with zero attached hydrogens (tertiary/aromatic N) is 2. The topological polar surface area (TPSA) is 75.4 Å². The van der Waals surface area contributed by atoms with E-state index in [0.29, 0.717) is 42.4 Å². The van der Waals surface area contributed by atoms with E-state index in [1.165, 1.54) is 0 Å². The molecule has 1 aromatic heterocycles. The molecule has 2 heterocycles. The van der Waals surface area contributed by atoms with E-state index in [0.717, 1.165) is 17.7 Å². The summed E-state index contributed by atoms with van der Waals surface area (Å²) in [7, 11) is 0. The highest BCUT2D eigenvalue weighted by atomic mass is 35.5. The number of rotatable bonds is 4. The predicted molar refractivity (Wildman–Crippen MR) is 99.3 cm³/mol. The zero-order valence-corrected chi connectivity index (χ0v) is 15.7. The number of carbonyl (C=O) groups excluding carboxylic acids is 2. The molecule has 2 amide bonds. The van der Waals surface area contributed by atoms with Crippen LogP contribution in [0.4, 0.5) is 5.88 Å². The number of anilines is 1. The predicted octanol–water partition coefficient (Wildman–Crippen LogP) is 3.69. The molecule has 2 aromatic rings. The molecule has 3 rings (SSSR count). The first-order chi connectivity index (χ1) is 12.5. The summed E-state index contributed by atoms with van der Waals surface area (Å²) in [5.74, 6) is 0.0890. The third-order valence-electron chi connectivity index (χ3n) is 4.85. The number of hydrogen-bond donors (Lipinski definition) is 1. The molecule has 0 aliphatic carbocycles. The van der Waals surface area contributed by atoms with Crippen LogP contribution in [0.3, 0.4) is 0 Å². The smallest absolute Gasteiger partial charge is 0.255 e. The second kappa shape index (κ2) is 7.91. The second-order valence-corrected chi connectivity index (χ2v) is 6.88. The molecule has 1 N–H and O–H groups in total. The van der Waals surface area contributed by atoms with Crippen molar-refractivity contribution in [3.05, 3.63) is 46.1 Å². The number of carbonyl (C=O) groups is 2. The fourth-order valence-corrected chi connectivity index (χ4v) is 3.40. The molecule has 1 aliphatic heterocycles. The van der Waals surface area contributed by atoms with Crippen molar-refractivity contribution < 1.29 is 14.1 Å². The summed E-state index contributed by atoms with van der Waals surface area (Å²) in [6.45, 7) is 4.92. The van der Waals surface area contributed by atoms with Crippen molar-refractivity contribution in [2.45, 2.75) is 33.1 Å². The van der Waals surface area contributed by atoms with Gasteiger partial charge in [-0.15, -0.1) is 0 Å². The number of hydrogen-bond acceptors (Lipinski definition) is 4. The summed E-state index contributed by atoms with van der Waals surface area (Å²) < 4.78 is 5.22. The lowest BCUT2D eigenvalue weighted by Gasteiger charge is -2.31. The highest BCUT2D eigenvalue weighted by Crippen LogP contribution is 2.25. The second-order valence-electron chi connectivity index (χ2n) is 6.47. The van der Waals surface area contributed by atoms with Gasteiger partial charge in [-0.2, -0.15) is 0 Å². The van der Waals surface area contributed by atoms with Gasteiger partial charge in [0, 0.05) is 24.6 Å². The lowest BCUT2D eigenvalue weighted by Crippen LogP contribution is -2.41. The molecule has 0 unspecified atom stereocenters. The molecule has 0 atom stereocenters. The Bertz CT molecular complexity index is 810. The van der Waals surface area contributed by atoms with Gasteiger partial charge in [-0.1, -0.05) is 35.8 Å². The third kappa shape index (κ3) is 3.75. The molecule has 0 radical (unpaired) electrons. The summed E-state index contributed by atoms with van der Waals surface area (Å²) >= 11 is 6.11. The molecule has 6 nitrogen and oxygen atoms in total. The summed E-state index contributed by atoms with van der Waals surface area (Å²) in [5.41, 5.74) is 2.22. The molecule has 138 valence electrons. The van der Waals surface area contributed by atoms with Gasteiger partial charge in [0.1, 0.15) is 0 Å². The zero-order chi connectivity index (χ0) is 18.7. The molecule has 1 fully saturated rings. The van der Waals surface area contributed by atoms with E-state index in [9.17, 15) is 9.59 Å². The summed E-state index contributed by atoms with van der Waals surface area (Å²) in [6, 6.07) is 7.02. The monoisotopic (exact) mass is 375 g/mol. The van der Waals surface area contributed by atoms with E-state index in [2.05, 4.69) is 10.5 Å². The Morgan fingerprint density at radius 1 is 1.31 bits per heavy atom. The first-order valence-corrected chi connectivity index (χ1v) is 9.18. The van der Waals surface area contributed by atoms with E-state index < -0.39 is 0 Å². The summed E-state index contributed by atoms with van der Waals surface area (Å²) in [6.07, 6.45) is 1.97. The van der Waals surface area contributed by atoms with Crippen LogP contribution in [0.5, 0.6) is 0 Å². The van der Waals surface area contributed by atoms with Crippen LogP contribution in [0.25, 0.3) is 0 Å². The van der Waals surface area contributed by atoms with E-state index in [1.54, 1.807) is 29.2 Å². The molecule has 26 heavy (non-hydrogen) atoms. The lowest BCUT2D eigenvalue weighted by atomic mass is 9.95. The largest absolute Gasteiger partial charge is 0.339 e. The Morgan fingerprint density at radius 2 is 2.00 bits per heavy atom. The minimum Gasteiger partial charge on any atom is -0.339 e. The van der Waals surface area contributed by atoms with Crippen LogP contribution in [-0.2, 0) is 11.2 Å². The Hall–Kier alpha value is -2.34. The van der Waals surface area contributed by atoms with Crippen molar-refractivity contribution in [3.63, 3.8) is 0 Å². The van der Waals surface area contributed by atoms with Crippen molar-refractivity contribution in [2.24, 2.45) is 5.92 Å². The SMILES string of the molecule is CCc1noc(NC(=O)C2CCN(C(=O)c3ccccc3Cl)CC2)c1C. The van der Waals surface area contributed by atoms with Crippen LogP contribution in [0, 0.1) is 12.8 Å². The summed E-state index contributed by atoms with van der Waals surface area (Å²) in [5, 5.41) is 7.23. The van der Waals surface area contributed by atoms with Crippen molar-refractivity contribution in [2.75, 3.05) is 18.4 Å². The average Bonchev–Trinajstić information content (AvgIpc) is 3.01. The lowest BCUT2D eigenvalue weighted by molar-refractivity contribution is -0.121. The van der Waals surface area contributed by atoms with Crippen LogP contribution in [0.2, 0.25) is 5.02 Å². The van der Waals surface area contributed by atoms with Crippen LogP contribution < -0.4 is 5.32 Å². The van der Waals surface area contributed by atoms with Crippen molar-refractivity contribution >= 4 is 29.3 Å². The van der Waals surface area contributed by atoms with Crippen molar-refractivity contribution in [3.8, 4) is 0 Å². The number of aromatic nitrogens is 1. The molecular formula is C19H22ClN3O3. The maximum absolute atomic E-state index is 12.6. The minimum absolute atomic E-state index is 0.0863. The number of halogens is 1. The molecule has 1 saturated heterocycles. The van der Waals surface area contributed by atoms with Gasteiger partial charge in [0.15, 0.2) is 0 Å². The van der Waals surface area contributed by atoms with Crippen LogP contribution in [0.1, 0.15) is 41.4 Å². The van der Waals surface area contributed by atoms with E-state index in [4.69, 9.17) is 16.1 Å². The molecule has 0 saturated carbocycles. The average molecular weight is 376 g/mol. The highest BCUT2D eigenvalue weighted by Gasteiger charge is 2.29. The van der Waals surface area contributed by atoms with Gasteiger partial charge in [0.25, 0.3) is 5.91 Å². The number of nitrogens with one attached hydrogen (secondary N) is 1. The van der Waals surface area contributed by atoms with Gasteiger partial charge in [-0.25, -0.2) is 0 Å². The quantitative estimate of drug-likeness (QED) is 0.884.